The van der Waals surface area contributed by atoms with Crippen molar-refractivity contribution >= 4 is 40.0 Å². The minimum atomic E-state index is -0.609. The highest BCUT2D eigenvalue weighted by Gasteiger charge is 2.16. The third-order valence-electron chi connectivity index (χ3n) is 2.73. The quantitative estimate of drug-likeness (QED) is 0.543. The maximum Gasteiger partial charge on any atom is 0.221 e. The number of Topliss-reactive ketones (excluding diaryl/α,β-unsaturated/α-hetero) is 1. The molecule has 0 fully saturated rings. The lowest BCUT2D eigenvalue weighted by molar-refractivity contribution is 0.0936. The SMILES string of the molecule is O=C(Cn1nnc(CCl)n1)c1cc2cc(Cl)c(F)cc2o1. The molecule has 0 atom stereocenters. The molecule has 3 rings (SSSR count). The van der Waals surface area contributed by atoms with Gasteiger partial charge in [-0.3, -0.25) is 4.79 Å². The van der Waals surface area contributed by atoms with Gasteiger partial charge in [-0.15, -0.1) is 21.8 Å². The van der Waals surface area contributed by atoms with Crippen LogP contribution in [0.5, 0.6) is 0 Å². The minimum Gasteiger partial charge on any atom is -0.453 e. The van der Waals surface area contributed by atoms with Crippen LogP contribution in [0.1, 0.15) is 16.4 Å². The lowest BCUT2D eigenvalue weighted by atomic mass is 10.2. The van der Waals surface area contributed by atoms with Crippen molar-refractivity contribution < 1.29 is 13.6 Å². The first-order valence-electron chi connectivity index (χ1n) is 5.81. The zero-order valence-corrected chi connectivity index (χ0v) is 11.9. The first-order chi connectivity index (χ1) is 10.1. The number of hydrogen-bond acceptors (Lipinski definition) is 5. The summed E-state index contributed by atoms with van der Waals surface area (Å²) < 4.78 is 18.6. The maximum absolute atomic E-state index is 13.3. The third-order valence-corrected chi connectivity index (χ3v) is 3.26. The van der Waals surface area contributed by atoms with E-state index < -0.39 is 5.82 Å². The Morgan fingerprint density at radius 2 is 2.19 bits per heavy atom. The van der Waals surface area contributed by atoms with Gasteiger partial charge < -0.3 is 4.42 Å². The first-order valence-corrected chi connectivity index (χ1v) is 6.72. The van der Waals surface area contributed by atoms with Crippen LogP contribution in [0.4, 0.5) is 4.39 Å². The van der Waals surface area contributed by atoms with E-state index in [0.717, 1.165) is 10.9 Å². The Kier molecular flexibility index (Phi) is 3.60. The van der Waals surface area contributed by atoms with Gasteiger partial charge in [-0.1, -0.05) is 11.6 Å². The van der Waals surface area contributed by atoms with Crippen LogP contribution in [0, 0.1) is 5.82 Å². The molecule has 0 unspecified atom stereocenters. The first kappa shape index (κ1) is 14.0. The highest BCUT2D eigenvalue weighted by molar-refractivity contribution is 6.31. The van der Waals surface area contributed by atoms with Gasteiger partial charge in [0.25, 0.3) is 0 Å². The average molecular weight is 329 g/mol. The molecule has 0 bridgehead atoms. The molecule has 9 heteroatoms. The molecule has 2 heterocycles. The number of carbonyl (C=O) groups excluding carboxylic acids is 1. The van der Waals surface area contributed by atoms with E-state index in [-0.39, 0.29) is 34.6 Å². The summed E-state index contributed by atoms with van der Waals surface area (Å²) in [6, 6.07) is 4.02. The second-order valence-corrected chi connectivity index (χ2v) is 4.88. The standard InChI is InChI=1S/C12H7Cl2FN4O2/c13-4-12-16-18-19(17-12)5-9(20)11-2-6-1-7(14)8(15)3-10(6)21-11/h1-3H,4-5H2. The fraction of sp³-hybridized carbons (Fsp3) is 0.167. The molecule has 2 aromatic heterocycles. The number of furan rings is 1. The molecule has 0 amide bonds. The van der Waals surface area contributed by atoms with Gasteiger partial charge in [-0.2, -0.15) is 4.80 Å². The smallest absolute Gasteiger partial charge is 0.221 e. The lowest BCUT2D eigenvalue weighted by Crippen LogP contribution is -2.12. The Bertz CT molecular complexity index is 791. The number of aromatic nitrogens is 4. The summed E-state index contributed by atoms with van der Waals surface area (Å²) in [4.78, 5) is 13.2. The monoisotopic (exact) mass is 328 g/mol. The Balaban J connectivity index is 1.87. The number of ketones is 1. The molecular formula is C12H7Cl2FN4O2. The van der Waals surface area contributed by atoms with Crippen LogP contribution in [0.2, 0.25) is 5.02 Å². The topological polar surface area (TPSA) is 73.8 Å². The van der Waals surface area contributed by atoms with Crippen LogP contribution in [0.25, 0.3) is 11.0 Å². The molecule has 0 saturated heterocycles. The number of alkyl halides is 1. The largest absolute Gasteiger partial charge is 0.453 e. The third kappa shape index (κ3) is 2.74. The molecular weight excluding hydrogens is 322 g/mol. The van der Waals surface area contributed by atoms with E-state index in [1.165, 1.54) is 12.1 Å². The maximum atomic E-state index is 13.3. The normalized spacial score (nSPS) is 11.2. The van der Waals surface area contributed by atoms with Crippen LogP contribution in [0.3, 0.4) is 0 Å². The van der Waals surface area contributed by atoms with Gasteiger partial charge in [-0.05, 0) is 17.3 Å². The van der Waals surface area contributed by atoms with Crippen LogP contribution in [-0.4, -0.2) is 26.0 Å². The predicted molar refractivity (Wildman–Crippen MR) is 72.9 cm³/mol. The Morgan fingerprint density at radius 3 is 2.90 bits per heavy atom. The van der Waals surface area contributed by atoms with E-state index in [9.17, 15) is 9.18 Å². The lowest BCUT2D eigenvalue weighted by Gasteiger charge is -1.95. The Labute approximate surface area is 127 Å². The number of tetrazole rings is 1. The second kappa shape index (κ2) is 5.42. The molecule has 21 heavy (non-hydrogen) atoms. The molecule has 6 nitrogen and oxygen atoms in total. The number of carbonyl (C=O) groups is 1. The number of halogens is 3. The number of fused-ring (bicyclic) bond motifs is 1. The van der Waals surface area contributed by atoms with Gasteiger partial charge in [0.05, 0.1) is 10.9 Å². The predicted octanol–water partition coefficient (Wildman–Crippen LogP) is 2.83. The summed E-state index contributed by atoms with van der Waals surface area (Å²) >= 11 is 11.2. The van der Waals surface area contributed by atoms with Gasteiger partial charge in [0, 0.05) is 11.5 Å². The number of hydrogen-bond donors (Lipinski definition) is 0. The van der Waals surface area contributed by atoms with Crippen LogP contribution < -0.4 is 0 Å². The van der Waals surface area contributed by atoms with Crippen LogP contribution in [0.15, 0.2) is 22.6 Å². The van der Waals surface area contributed by atoms with Gasteiger partial charge in [0.2, 0.25) is 5.78 Å². The van der Waals surface area contributed by atoms with Gasteiger partial charge in [-0.25, -0.2) is 4.39 Å². The number of nitrogens with zero attached hydrogens (tertiary/aromatic N) is 4. The van der Waals surface area contributed by atoms with E-state index in [1.807, 2.05) is 0 Å². The van der Waals surface area contributed by atoms with E-state index in [1.54, 1.807) is 0 Å². The minimum absolute atomic E-state index is 0.0352. The average Bonchev–Trinajstić information content (AvgIpc) is 3.06. The molecule has 0 aliphatic carbocycles. The van der Waals surface area contributed by atoms with Crippen molar-refractivity contribution in [2.45, 2.75) is 12.4 Å². The van der Waals surface area contributed by atoms with Gasteiger partial charge in [0.1, 0.15) is 17.9 Å². The van der Waals surface area contributed by atoms with Crippen LogP contribution >= 0.6 is 23.2 Å². The summed E-state index contributed by atoms with van der Waals surface area (Å²) in [5.41, 5.74) is 0.244. The fourth-order valence-corrected chi connectivity index (χ4v) is 2.05. The Hall–Kier alpha value is -1.99. The van der Waals surface area contributed by atoms with E-state index in [4.69, 9.17) is 27.6 Å². The van der Waals surface area contributed by atoms with Gasteiger partial charge >= 0.3 is 0 Å². The Morgan fingerprint density at radius 1 is 1.38 bits per heavy atom. The highest BCUT2D eigenvalue weighted by Crippen LogP contribution is 2.26. The van der Waals surface area contributed by atoms with Crippen LogP contribution in [-0.2, 0) is 12.4 Å². The zero-order valence-electron chi connectivity index (χ0n) is 10.4. The molecule has 108 valence electrons. The summed E-state index contributed by atoms with van der Waals surface area (Å²) in [7, 11) is 0. The molecule has 0 radical (unpaired) electrons. The van der Waals surface area contributed by atoms with Crippen molar-refractivity contribution in [2.24, 2.45) is 0 Å². The van der Waals surface area contributed by atoms with Crippen molar-refractivity contribution in [1.82, 2.24) is 20.2 Å². The highest BCUT2D eigenvalue weighted by atomic mass is 35.5. The van der Waals surface area contributed by atoms with E-state index in [2.05, 4.69) is 15.4 Å². The van der Waals surface area contributed by atoms with Crippen molar-refractivity contribution in [3.05, 3.63) is 40.6 Å². The molecule has 0 saturated carbocycles. The van der Waals surface area contributed by atoms with E-state index >= 15 is 0 Å². The molecule has 3 aromatic rings. The summed E-state index contributed by atoms with van der Waals surface area (Å²) in [6.07, 6.45) is 0. The van der Waals surface area contributed by atoms with Crippen molar-refractivity contribution in [3.8, 4) is 0 Å². The molecule has 1 aromatic carbocycles. The van der Waals surface area contributed by atoms with E-state index in [0.29, 0.717) is 11.2 Å². The van der Waals surface area contributed by atoms with Gasteiger partial charge in [0.15, 0.2) is 11.6 Å². The molecule has 0 spiro atoms. The number of rotatable bonds is 4. The number of benzene rings is 1. The summed E-state index contributed by atoms with van der Waals surface area (Å²) in [5.74, 6) is -0.487. The van der Waals surface area contributed by atoms with Crippen molar-refractivity contribution in [3.63, 3.8) is 0 Å². The van der Waals surface area contributed by atoms with Crippen molar-refractivity contribution in [2.75, 3.05) is 0 Å². The molecule has 0 aliphatic heterocycles. The molecule has 0 aliphatic rings. The fourth-order valence-electron chi connectivity index (χ4n) is 1.78. The summed E-state index contributed by atoms with van der Waals surface area (Å²) in [6.45, 7) is -0.153. The second-order valence-electron chi connectivity index (χ2n) is 4.21. The summed E-state index contributed by atoms with van der Waals surface area (Å²) in [5, 5.41) is 11.7. The zero-order chi connectivity index (χ0) is 15.0. The molecule has 0 N–H and O–H groups in total. The van der Waals surface area contributed by atoms with Crippen molar-refractivity contribution in [1.29, 1.82) is 0 Å².